The number of fused-ring (bicyclic) bond motifs is 3. The molecule has 3 nitrogen and oxygen atoms in total. The molecule has 5 rings (SSSR count). The highest BCUT2D eigenvalue weighted by Crippen LogP contribution is 2.40. The average Bonchev–Trinajstić information content (AvgIpc) is 3.04. The zero-order valence-corrected chi connectivity index (χ0v) is 15.9. The maximum absolute atomic E-state index is 13.4. The van der Waals surface area contributed by atoms with Crippen molar-refractivity contribution in [1.29, 1.82) is 0 Å². The number of pyridine rings is 1. The summed E-state index contributed by atoms with van der Waals surface area (Å²) in [6.45, 7) is 0. The van der Waals surface area contributed by atoms with Gasteiger partial charge in [0.2, 0.25) is 0 Å². The van der Waals surface area contributed by atoms with Crippen molar-refractivity contribution in [3.8, 4) is 22.4 Å². The second-order valence-corrected chi connectivity index (χ2v) is 7.12. The van der Waals surface area contributed by atoms with Gasteiger partial charge in [-0.1, -0.05) is 78.9 Å². The number of rotatable bonds is 2. The first-order chi connectivity index (χ1) is 13.7. The molecule has 0 bridgehead atoms. The monoisotopic (exact) mass is 364 g/mol. The summed E-state index contributed by atoms with van der Waals surface area (Å²) in [6.07, 6.45) is 0. The van der Waals surface area contributed by atoms with E-state index < -0.39 is 0 Å². The summed E-state index contributed by atoms with van der Waals surface area (Å²) in [5.74, 6) is 0. The molecule has 0 aliphatic carbocycles. The fraction of sp³-hybridized carbons (Fsp3) is 0.0800. The van der Waals surface area contributed by atoms with Crippen molar-refractivity contribution in [1.82, 2.24) is 9.13 Å². The van der Waals surface area contributed by atoms with Crippen LogP contribution in [-0.2, 0) is 14.1 Å². The number of hydrogen-bond donors (Lipinski definition) is 0. The van der Waals surface area contributed by atoms with E-state index in [2.05, 4.69) is 36.4 Å². The van der Waals surface area contributed by atoms with Crippen LogP contribution in [0.5, 0.6) is 0 Å². The minimum atomic E-state index is 0.0206. The van der Waals surface area contributed by atoms with Gasteiger partial charge in [-0.25, -0.2) is 0 Å². The number of nitrogens with zero attached hydrogens (tertiary/aromatic N) is 2. The molecule has 0 saturated heterocycles. The van der Waals surface area contributed by atoms with Crippen LogP contribution in [0.25, 0.3) is 44.2 Å². The van der Waals surface area contributed by atoms with Gasteiger partial charge in [-0.05, 0) is 17.2 Å². The number of para-hydroxylation sites is 1. The van der Waals surface area contributed by atoms with Gasteiger partial charge in [0.15, 0.2) is 0 Å². The third-order valence-electron chi connectivity index (χ3n) is 5.55. The van der Waals surface area contributed by atoms with Gasteiger partial charge in [0.1, 0.15) is 5.52 Å². The van der Waals surface area contributed by atoms with Crippen LogP contribution in [0.4, 0.5) is 0 Å². The highest BCUT2D eigenvalue weighted by Gasteiger charge is 2.22. The lowest BCUT2D eigenvalue weighted by Crippen LogP contribution is -2.21. The van der Waals surface area contributed by atoms with Gasteiger partial charge in [0.05, 0.1) is 5.69 Å². The van der Waals surface area contributed by atoms with Crippen LogP contribution < -0.4 is 5.56 Å². The molecule has 2 heterocycles. The molecule has 28 heavy (non-hydrogen) atoms. The van der Waals surface area contributed by atoms with Gasteiger partial charge in [-0.2, -0.15) is 0 Å². The van der Waals surface area contributed by atoms with E-state index in [1.165, 1.54) is 0 Å². The molecule has 0 spiro atoms. The topological polar surface area (TPSA) is 26.9 Å². The first-order valence-electron chi connectivity index (χ1n) is 9.39. The molecule has 0 radical (unpaired) electrons. The number of hydrogen-bond acceptors (Lipinski definition) is 1. The largest absolute Gasteiger partial charge is 0.339 e. The molecule has 0 amide bonds. The lowest BCUT2D eigenvalue weighted by molar-refractivity contribution is 0.868. The van der Waals surface area contributed by atoms with E-state index in [9.17, 15) is 4.79 Å². The molecule has 0 unspecified atom stereocenters. The second kappa shape index (κ2) is 6.24. The van der Waals surface area contributed by atoms with E-state index in [-0.39, 0.29) is 5.56 Å². The van der Waals surface area contributed by atoms with Crippen LogP contribution in [0.2, 0.25) is 0 Å². The molecule has 2 aromatic heterocycles. The first-order valence-corrected chi connectivity index (χ1v) is 9.39. The summed E-state index contributed by atoms with van der Waals surface area (Å²) < 4.78 is 3.81. The molecule has 0 fully saturated rings. The Hall–Kier alpha value is -3.59. The number of aryl methyl sites for hydroxylation is 1. The minimum absolute atomic E-state index is 0.0206. The van der Waals surface area contributed by atoms with Crippen LogP contribution in [0.15, 0.2) is 89.7 Å². The van der Waals surface area contributed by atoms with Crippen molar-refractivity contribution < 1.29 is 0 Å². The number of benzene rings is 3. The Balaban J connectivity index is 2.11. The average molecular weight is 364 g/mol. The van der Waals surface area contributed by atoms with Crippen molar-refractivity contribution in [3.05, 3.63) is 95.3 Å². The third kappa shape index (κ3) is 2.26. The number of aromatic nitrogens is 2. The van der Waals surface area contributed by atoms with Crippen LogP contribution >= 0.6 is 0 Å². The quantitative estimate of drug-likeness (QED) is 0.414. The molecule has 5 aromatic rings. The zero-order chi connectivity index (χ0) is 19.3. The fourth-order valence-corrected chi connectivity index (χ4v) is 4.26. The van der Waals surface area contributed by atoms with Crippen molar-refractivity contribution >= 4 is 21.8 Å². The minimum Gasteiger partial charge on any atom is -0.339 e. The maximum Gasteiger partial charge on any atom is 0.275 e. The van der Waals surface area contributed by atoms with Crippen LogP contribution in [-0.4, -0.2) is 9.13 Å². The molecule has 136 valence electrons. The van der Waals surface area contributed by atoms with Crippen molar-refractivity contribution in [2.75, 3.05) is 0 Å². The first kappa shape index (κ1) is 16.6. The SMILES string of the molecule is Cn1c(-c2ccccc2)c(-c2ccccc2)c2c3ccccc3n(C)c2c1=O. The van der Waals surface area contributed by atoms with Gasteiger partial charge in [-0.15, -0.1) is 0 Å². The van der Waals surface area contributed by atoms with Crippen molar-refractivity contribution in [3.63, 3.8) is 0 Å². The molecule has 0 aliphatic rings. The molecule has 3 heteroatoms. The van der Waals surface area contributed by atoms with E-state index in [1.54, 1.807) is 4.57 Å². The summed E-state index contributed by atoms with van der Waals surface area (Å²) in [6, 6.07) is 28.8. The molecule has 0 aliphatic heterocycles. The van der Waals surface area contributed by atoms with Gasteiger partial charge in [0.25, 0.3) is 5.56 Å². The van der Waals surface area contributed by atoms with Gasteiger partial charge in [-0.3, -0.25) is 4.79 Å². The van der Waals surface area contributed by atoms with Gasteiger partial charge >= 0.3 is 0 Å². The maximum atomic E-state index is 13.4. The Labute approximate surface area is 163 Å². The summed E-state index contributed by atoms with van der Waals surface area (Å²) >= 11 is 0. The Kier molecular flexibility index (Phi) is 3.69. The van der Waals surface area contributed by atoms with E-state index in [0.717, 1.165) is 44.2 Å². The Morgan fingerprint density at radius 1 is 0.643 bits per heavy atom. The third-order valence-corrected chi connectivity index (χ3v) is 5.55. The van der Waals surface area contributed by atoms with Crippen molar-refractivity contribution in [2.24, 2.45) is 14.1 Å². The smallest absolute Gasteiger partial charge is 0.275 e. The van der Waals surface area contributed by atoms with Crippen LogP contribution in [0.1, 0.15) is 0 Å². The van der Waals surface area contributed by atoms with E-state index in [4.69, 9.17) is 0 Å². The highest BCUT2D eigenvalue weighted by molar-refractivity contribution is 6.17. The molecular weight excluding hydrogens is 344 g/mol. The van der Waals surface area contributed by atoms with Crippen LogP contribution in [0.3, 0.4) is 0 Å². The lowest BCUT2D eigenvalue weighted by Gasteiger charge is -2.17. The van der Waals surface area contributed by atoms with Crippen LogP contribution in [0, 0.1) is 0 Å². The van der Waals surface area contributed by atoms with E-state index in [0.29, 0.717) is 0 Å². The summed E-state index contributed by atoms with van der Waals surface area (Å²) in [5, 5.41) is 2.12. The van der Waals surface area contributed by atoms with E-state index >= 15 is 0 Å². The summed E-state index contributed by atoms with van der Waals surface area (Å²) in [4.78, 5) is 13.4. The fourth-order valence-electron chi connectivity index (χ4n) is 4.26. The Bertz CT molecular complexity index is 1380. The summed E-state index contributed by atoms with van der Waals surface area (Å²) in [5.41, 5.74) is 6.02. The molecule has 0 atom stereocenters. The zero-order valence-electron chi connectivity index (χ0n) is 15.9. The van der Waals surface area contributed by atoms with E-state index in [1.807, 2.05) is 67.2 Å². The normalized spacial score (nSPS) is 11.4. The molecule has 0 N–H and O–H groups in total. The Morgan fingerprint density at radius 2 is 1.21 bits per heavy atom. The molecule has 0 saturated carbocycles. The Morgan fingerprint density at radius 3 is 1.89 bits per heavy atom. The lowest BCUT2D eigenvalue weighted by atomic mass is 9.94. The predicted octanol–water partition coefficient (Wildman–Crippen LogP) is 5.36. The molecular formula is C25H20N2O. The van der Waals surface area contributed by atoms with Gasteiger partial charge < -0.3 is 9.13 Å². The highest BCUT2D eigenvalue weighted by atomic mass is 16.1. The van der Waals surface area contributed by atoms with Crippen molar-refractivity contribution in [2.45, 2.75) is 0 Å². The predicted molar refractivity (Wildman–Crippen MR) is 117 cm³/mol. The van der Waals surface area contributed by atoms with Gasteiger partial charge in [0, 0.05) is 35.9 Å². The standard InChI is InChI=1S/C25H20N2O/c1-26-20-16-10-9-15-19(20)22-21(17-11-5-3-6-12-17)23(18-13-7-4-8-14-18)27(2)25(28)24(22)26/h3-16H,1-2H3. The summed E-state index contributed by atoms with van der Waals surface area (Å²) in [7, 11) is 3.84. The molecule has 3 aromatic carbocycles. The second-order valence-electron chi connectivity index (χ2n) is 7.12.